The van der Waals surface area contributed by atoms with Gasteiger partial charge in [-0.3, -0.25) is 0 Å². The molecule has 1 aromatic heterocycles. The zero-order valence-electron chi connectivity index (χ0n) is 17.9. The van der Waals surface area contributed by atoms with Crippen molar-refractivity contribution in [3.8, 4) is 16.9 Å². The quantitative estimate of drug-likeness (QED) is 0.446. The van der Waals surface area contributed by atoms with Gasteiger partial charge in [-0.2, -0.15) is 5.10 Å². The lowest BCUT2D eigenvalue weighted by molar-refractivity contribution is 0.823. The van der Waals surface area contributed by atoms with E-state index in [0.717, 1.165) is 18.5 Å². The number of allylic oxidation sites excluding steroid dienone is 4. The highest BCUT2D eigenvalue weighted by molar-refractivity contribution is 5.77. The average molecular weight is 383 g/mol. The SMILES string of the molecule is CC(C)c1cc(C2=CC=CCC2)cc(C(C)C)c1-c1ccnn1-c1ccccc1. The minimum Gasteiger partial charge on any atom is -0.233 e. The molecule has 0 fully saturated rings. The Morgan fingerprint density at radius 2 is 1.59 bits per heavy atom. The van der Waals surface area contributed by atoms with Crippen molar-refractivity contribution in [1.29, 1.82) is 0 Å². The van der Waals surface area contributed by atoms with Crippen LogP contribution < -0.4 is 0 Å². The van der Waals surface area contributed by atoms with E-state index in [1.165, 1.54) is 33.5 Å². The van der Waals surface area contributed by atoms with Crippen LogP contribution in [0.4, 0.5) is 0 Å². The van der Waals surface area contributed by atoms with Crippen LogP contribution in [0.2, 0.25) is 0 Å². The molecule has 0 amide bonds. The van der Waals surface area contributed by atoms with Crippen LogP contribution in [0, 0.1) is 0 Å². The predicted octanol–water partition coefficient (Wildman–Crippen LogP) is 7.52. The fraction of sp³-hybridized carbons (Fsp3) is 0.296. The topological polar surface area (TPSA) is 17.8 Å². The third-order valence-electron chi connectivity index (χ3n) is 5.73. The molecular weight excluding hydrogens is 352 g/mol. The molecule has 2 aromatic carbocycles. The zero-order valence-corrected chi connectivity index (χ0v) is 17.9. The number of hydrogen-bond donors (Lipinski definition) is 0. The number of hydrogen-bond acceptors (Lipinski definition) is 1. The van der Waals surface area contributed by atoms with E-state index in [1.807, 2.05) is 12.3 Å². The molecule has 0 radical (unpaired) electrons. The van der Waals surface area contributed by atoms with Crippen LogP contribution in [0.3, 0.4) is 0 Å². The number of aromatic nitrogens is 2. The molecule has 3 aromatic rings. The normalized spacial score (nSPS) is 13.9. The molecular formula is C27H30N2. The fourth-order valence-corrected chi connectivity index (χ4v) is 4.19. The van der Waals surface area contributed by atoms with Crippen LogP contribution in [-0.4, -0.2) is 9.78 Å². The Hall–Kier alpha value is -2.87. The summed E-state index contributed by atoms with van der Waals surface area (Å²) in [5, 5.41) is 4.67. The Balaban J connectivity index is 1.95. The van der Waals surface area contributed by atoms with Gasteiger partial charge in [0.25, 0.3) is 0 Å². The predicted molar refractivity (Wildman–Crippen MR) is 124 cm³/mol. The monoisotopic (exact) mass is 382 g/mol. The first-order chi connectivity index (χ1) is 14.1. The third kappa shape index (κ3) is 3.85. The largest absolute Gasteiger partial charge is 0.233 e. The first kappa shape index (κ1) is 19.4. The van der Waals surface area contributed by atoms with E-state index in [4.69, 9.17) is 0 Å². The first-order valence-electron chi connectivity index (χ1n) is 10.7. The van der Waals surface area contributed by atoms with Gasteiger partial charge >= 0.3 is 0 Å². The summed E-state index contributed by atoms with van der Waals surface area (Å²) in [6.45, 7) is 9.19. The summed E-state index contributed by atoms with van der Waals surface area (Å²) in [5.41, 5.74) is 9.23. The van der Waals surface area contributed by atoms with E-state index in [-0.39, 0.29) is 0 Å². The second kappa shape index (κ2) is 8.24. The van der Waals surface area contributed by atoms with E-state index >= 15 is 0 Å². The molecule has 0 unspecified atom stereocenters. The summed E-state index contributed by atoms with van der Waals surface area (Å²) in [7, 11) is 0. The fourth-order valence-electron chi connectivity index (χ4n) is 4.19. The molecule has 1 heterocycles. The van der Waals surface area contributed by atoms with Crippen molar-refractivity contribution in [2.75, 3.05) is 0 Å². The third-order valence-corrected chi connectivity index (χ3v) is 5.73. The molecule has 0 spiro atoms. The minimum atomic E-state index is 0.432. The maximum absolute atomic E-state index is 4.67. The highest BCUT2D eigenvalue weighted by Crippen LogP contribution is 2.40. The molecule has 2 heteroatoms. The first-order valence-corrected chi connectivity index (χ1v) is 10.7. The van der Waals surface area contributed by atoms with E-state index < -0.39 is 0 Å². The van der Waals surface area contributed by atoms with Crippen molar-refractivity contribution < 1.29 is 0 Å². The second-order valence-electron chi connectivity index (χ2n) is 8.46. The van der Waals surface area contributed by atoms with Gasteiger partial charge in [0.15, 0.2) is 0 Å². The summed E-state index contributed by atoms with van der Waals surface area (Å²) in [6, 6.07) is 17.4. The lowest BCUT2D eigenvalue weighted by Gasteiger charge is -2.23. The molecule has 1 aliphatic rings. The Kier molecular flexibility index (Phi) is 5.53. The number of nitrogens with zero attached hydrogens (tertiary/aromatic N) is 2. The summed E-state index contributed by atoms with van der Waals surface area (Å²) < 4.78 is 2.08. The van der Waals surface area contributed by atoms with Gasteiger partial charge in [-0.05, 0) is 65.1 Å². The van der Waals surface area contributed by atoms with Gasteiger partial charge in [0.05, 0.1) is 17.6 Å². The molecule has 1 aliphatic carbocycles. The molecule has 0 bridgehead atoms. The summed E-state index contributed by atoms with van der Waals surface area (Å²) in [4.78, 5) is 0. The summed E-state index contributed by atoms with van der Waals surface area (Å²) >= 11 is 0. The Morgan fingerprint density at radius 1 is 0.897 bits per heavy atom. The minimum absolute atomic E-state index is 0.432. The Labute approximate surface area is 174 Å². The molecule has 148 valence electrons. The highest BCUT2D eigenvalue weighted by Gasteiger charge is 2.21. The molecule has 0 saturated carbocycles. The van der Waals surface area contributed by atoms with Crippen molar-refractivity contribution in [3.63, 3.8) is 0 Å². The van der Waals surface area contributed by atoms with Crippen molar-refractivity contribution in [2.45, 2.75) is 52.4 Å². The van der Waals surface area contributed by atoms with Gasteiger partial charge in [-0.25, -0.2) is 4.68 Å². The van der Waals surface area contributed by atoms with E-state index in [9.17, 15) is 0 Å². The summed E-state index contributed by atoms with van der Waals surface area (Å²) in [6.07, 6.45) is 10.9. The number of rotatable bonds is 5. The molecule has 2 nitrogen and oxygen atoms in total. The van der Waals surface area contributed by atoms with Gasteiger partial charge in [0.2, 0.25) is 0 Å². The maximum atomic E-state index is 4.67. The van der Waals surface area contributed by atoms with Crippen molar-refractivity contribution in [3.05, 3.63) is 89.6 Å². The molecule has 0 atom stereocenters. The summed E-state index contributed by atoms with van der Waals surface area (Å²) in [5.74, 6) is 0.864. The smallest absolute Gasteiger partial charge is 0.0746 e. The van der Waals surface area contributed by atoms with E-state index in [0.29, 0.717) is 11.8 Å². The lowest BCUT2D eigenvalue weighted by Crippen LogP contribution is -2.07. The lowest BCUT2D eigenvalue weighted by atomic mass is 9.83. The van der Waals surface area contributed by atoms with Crippen molar-refractivity contribution in [1.82, 2.24) is 9.78 Å². The molecule has 0 saturated heterocycles. The van der Waals surface area contributed by atoms with Crippen molar-refractivity contribution in [2.24, 2.45) is 0 Å². The highest BCUT2D eigenvalue weighted by atomic mass is 15.3. The van der Waals surface area contributed by atoms with Crippen LogP contribution >= 0.6 is 0 Å². The van der Waals surface area contributed by atoms with Crippen LogP contribution in [0.25, 0.3) is 22.5 Å². The van der Waals surface area contributed by atoms with E-state index in [2.05, 4.69) is 98.2 Å². The van der Waals surface area contributed by atoms with Crippen LogP contribution in [0.15, 0.2) is 73.0 Å². The van der Waals surface area contributed by atoms with Crippen LogP contribution in [-0.2, 0) is 0 Å². The van der Waals surface area contributed by atoms with Crippen LogP contribution in [0.1, 0.15) is 69.1 Å². The van der Waals surface area contributed by atoms with Crippen LogP contribution in [0.5, 0.6) is 0 Å². The van der Waals surface area contributed by atoms with Gasteiger partial charge < -0.3 is 0 Å². The van der Waals surface area contributed by atoms with Gasteiger partial charge in [-0.15, -0.1) is 0 Å². The van der Waals surface area contributed by atoms with Gasteiger partial charge in [0, 0.05) is 5.56 Å². The molecule has 0 N–H and O–H groups in total. The number of benzene rings is 2. The zero-order chi connectivity index (χ0) is 20.4. The standard InChI is InChI=1S/C27H30N2/c1-19(2)24-17-22(21-11-7-5-8-12-21)18-25(20(3)4)27(24)26-15-16-28-29(26)23-13-9-6-10-14-23/h5-7,9-11,13-20H,8,12H2,1-4H3. The van der Waals surface area contributed by atoms with Gasteiger partial charge in [-0.1, -0.05) is 76.3 Å². The average Bonchev–Trinajstić information content (AvgIpc) is 3.23. The van der Waals surface area contributed by atoms with Crippen molar-refractivity contribution >= 4 is 5.57 Å². The van der Waals surface area contributed by atoms with E-state index in [1.54, 1.807) is 0 Å². The molecule has 29 heavy (non-hydrogen) atoms. The Morgan fingerprint density at radius 3 is 2.17 bits per heavy atom. The second-order valence-corrected chi connectivity index (χ2v) is 8.46. The molecule has 4 rings (SSSR count). The molecule has 0 aliphatic heterocycles. The number of para-hydroxylation sites is 1. The Bertz CT molecular complexity index is 1020. The van der Waals surface area contributed by atoms with Gasteiger partial charge in [0.1, 0.15) is 0 Å². The maximum Gasteiger partial charge on any atom is 0.0746 e.